The number of halogens is 3. The molecule has 1 aromatic heterocycles. The van der Waals surface area contributed by atoms with E-state index in [4.69, 9.17) is 10.5 Å². The molecular weight excluding hydrogens is 295 g/mol. The molecule has 7 heteroatoms. The highest BCUT2D eigenvalue weighted by Crippen LogP contribution is 2.29. The maximum absolute atomic E-state index is 12.5. The number of pyridine rings is 1. The van der Waals surface area contributed by atoms with Crippen molar-refractivity contribution in [3.63, 3.8) is 0 Å². The lowest BCUT2D eigenvalue weighted by Gasteiger charge is -2.07. The monoisotopic (exact) mass is 309 g/mol. The Morgan fingerprint density at radius 3 is 2.50 bits per heavy atom. The number of ether oxygens (including phenoxy) is 1. The second-order valence-electron chi connectivity index (χ2n) is 4.48. The van der Waals surface area contributed by atoms with Crippen LogP contribution < -0.4 is 10.5 Å². The molecule has 2 rings (SSSR count). The molecule has 0 bridgehead atoms. The first-order chi connectivity index (χ1) is 10.4. The van der Waals surface area contributed by atoms with E-state index >= 15 is 0 Å². The number of aliphatic imine (C=N–C) groups is 1. The largest absolute Gasteiger partial charge is 0.497 e. The highest BCUT2D eigenvalue weighted by Gasteiger charge is 2.29. The number of rotatable bonds is 4. The van der Waals surface area contributed by atoms with Gasteiger partial charge in [-0.05, 0) is 23.8 Å². The predicted molar refractivity (Wildman–Crippen MR) is 76.7 cm³/mol. The van der Waals surface area contributed by atoms with Gasteiger partial charge in [0.05, 0.1) is 19.2 Å². The first-order valence-electron chi connectivity index (χ1n) is 6.36. The minimum absolute atomic E-state index is 0.170. The van der Waals surface area contributed by atoms with E-state index in [1.165, 1.54) is 25.4 Å². The Morgan fingerprint density at radius 1 is 1.23 bits per heavy atom. The fraction of sp³-hybridized carbons (Fsp3) is 0.200. The quantitative estimate of drug-likeness (QED) is 0.697. The van der Waals surface area contributed by atoms with Crippen LogP contribution in [0.1, 0.15) is 16.8 Å². The van der Waals surface area contributed by atoms with Crippen molar-refractivity contribution < 1.29 is 17.9 Å². The zero-order chi connectivity index (χ0) is 16.2. The van der Waals surface area contributed by atoms with E-state index in [2.05, 4.69) is 9.98 Å². The Kier molecular flexibility index (Phi) is 4.65. The second-order valence-corrected chi connectivity index (χ2v) is 4.48. The van der Waals surface area contributed by atoms with Crippen LogP contribution in [0.15, 0.2) is 47.6 Å². The van der Waals surface area contributed by atoms with Crippen LogP contribution in [0.3, 0.4) is 0 Å². The lowest BCUT2D eigenvalue weighted by Crippen LogP contribution is -2.15. The number of amidine groups is 1. The summed E-state index contributed by atoms with van der Waals surface area (Å²) < 4.78 is 42.4. The van der Waals surface area contributed by atoms with Gasteiger partial charge in [0.1, 0.15) is 17.3 Å². The van der Waals surface area contributed by atoms with Gasteiger partial charge in [-0.3, -0.25) is 9.98 Å². The average molecular weight is 309 g/mol. The molecule has 0 aliphatic rings. The van der Waals surface area contributed by atoms with Gasteiger partial charge in [-0.25, -0.2) is 0 Å². The summed E-state index contributed by atoms with van der Waals surface area (Å²) in [6, 6.07) is 8.09. The number of hydrogen-bond donors (Lipinski definition) is 1. The highest BCUT2D eigenvalue weighted by atomic mass is 19.4. The van der Waals surface area contributed by atoms with Crippen molar-refractivity contribution in [2.75, 3.05) is 7.11 Å². The molecule has 0 unspecified atom stereocenters. The van der Waals surface area contributed by atoms with Crippen LogP contribution >= 0.6 is 0 Å². The Morgan fingerprint density at radius 2 is 1.91 bits per heavy atom. The first-order valence-corrected chi connectivity index (χ1v) is 6.36. The summed E-state index contributed by atoms with van der Waals surface area (Å²) in [6.07, 6.45) is -2.81. The van der Waals surface area contributed by atoms with Gasteiger partial charge in [-0.15, -0.1) is 0 Å². The van der Waals surface area contributed by atoms with E-state index in [9.17, 15) is 13.2 Å². The number of alkyl halides is 3. The second kappa shape index (κ2) is 6.46. The number of nitrogens with zero attached hydrogens (tertiary/aromatic N) is 2. The fourth-order valence-electron chi connectivity index (χ4n) is 1.73. The van der Waals surface area contributed by atoms with Crippen molar-refractivity contribution >= 4 is 5.84 Å². The molecule has 0 saturated heterocycles. The molecular formula is C15H14F3N3O. The molecule has 0 aliphatic carbocycles. The Bertz CT molecular complexity index is 666. The van der Waals surface area contributed by atoms with Crippen molar-refractivity contribution in [3.8, 4) is 5.75 Å². The average Bonchev–Trinajstić information content (AvgIpc) is 2.52. The van der Waals surface area contributed by atoms with Gasteiger partial charge >= 0.3 is 6.18 Å². The number of hydrogen-bond acceptors (Lipinski definition) is 3. The number of nitrogens with two attached hydrogens (primary N) is 1. The zero-order valence-electron chi connectivity index (χ0n) is 11.8. The topological polar surface area (TPSA) is 60.5 Å². The Hall–Kier alpha value is -2.57. The molecule has 4 nitrogen and oxygen atoms in total. The van der Waals surface area contributed by atoms with Crippen molar-refractivity contribution in [1.82, 2.24) is 4.98 Å². The molecule has 0 atom stereocenters. The van der Waals surface area contributed by atoms with E-state index < -0.39 is 11.7 Å². The summed E-state index contributed by atoms with van der Waals surface area (Å²) in [5, 5.41) is 0. The minimum atomic E-state index is -4.34. The Balaban J connectivity index is 2.10. The van der Waals surface area contributed by atoms with Crippen molar-refractivity contribution in [2.24, 2.45) is 10.7 Å². The van der Waals surface area contributed by atoms with Gasteiger partial charge in [0.15, 0.2) is 0 Å². The van der Waals surface area contributed by atoms with Gasteiger partial charge in [0.25, 0.3) is 0 Å². The molecule has 2 aromatic rings. The summed E-state index contributed by atoms with van der Waals surface area (Å²) in [4.78, 5) is 8.19. The third-order valence-corrected chi connectivity index (χ3v) is 2.94. The van der Waals surface area contributed by atoms with Crippen LogP contribution in [-0.4, -0.2) is 17.9 Å². The number of methoxy groups -OCH3 is 1. The molecule has 0 radical (unpaired) electrons. The van der Waals surface area contributed by atoms with E-state index in [0.717, 1.165) is 12.1 Å². The number of aromatic nitrogens is 1. The predicted octanol–water partition coefficient (Wildman–Crippen LogP) is 3.01. The van der Waals surface area contributed by atoms with Gasteiger partial charge in [-0.2, -0.15) is 13.2 Å². The maximum Gasteiger partial charge on any atom is 0.416 e. The third-order valence-electron chi connectivity index (χ3n) is 2.94. The third kappa shape index (κ3) is 3.97. The lowest BCUT2D eigenvalue weighted by atomic mass is 10.1. The Labute approximate surface area is 125 Å². The van der Waals surface area contributed by atoms with Crippen LogP contribution in [0, 0.1) is 0 Å². The normalized spacial score (nSPS) is 12.3. The minimum Gasteiger partial charge on any atom is -0.497 e. The first kappa shape index (κ1) is 15.8. The van der Waals surface area contributed by atoms with Crippen LogP contribution in [0.5, 0.6) is 5.75 Å². The molecule has 116 valence electrons. The van der Waals surface area contributed by atoms with Crippen LogP contribution in [-0.2, 0) is 12.7 Å². The summed E-state index contributed by atoms with van der Waals surface area (Å²) in [7, 11) is 1.52. The highest BCUT2D eigenvalue weighted by molar-refractivity contribution is 5.95. The lowest BCUT2D eigenvalue weighted by molar-refractivity contribution is -0.137. The summed E-state index contributed by atoms with van der Waals surface area (Å²) >= 11 is 0. The smallest absolute Gasteiger partial charge is 0.416 e. The van der Waals surface area contributed by atoms with E-state index in [-0.39, 0.29) is 12.4 Å². The van der Waals surface area contributed by atoms with Crippen LogP contribution in [0.25, 0.3) is 0 Å². The molecule has 0 fully saturated rings. The van der Waals surface area contributed by atoms with Crippen molar-refractivity contribution in [1.29, 1.82) is 0 Å². The van der Waals surface area contributed by atoms with Gasteiger partial charge in [0, 0.05) is 12.3 Å². The summed E-state index contributed by atoms with van der Waals surface area (Å²) in [5.41, 5.74) is 6.20. The molecule has 0 amide bonds. The summed E-state index contributed by atoms with van der Waals surface area (Å²) in [5.74, 6) is 0.788. The molecule has 2 N–H and O–H groups in total. The van der Waals surface area contributed by atoms with Gasteiger partial charge in [-0.1, -0.05) is 12.1 Å². The van der Waals surface area contributed by atoms with Crippen molar-refractivity contribution in [2.45, 2.75) is 12.7 Å². The molecule has 0 aliphatic heterocycles. The van der Waals surface area contributed by atoms with Crippen LogP contribution in [0.2, 0.25) is 0 Å². The molecule has 22 heavy (non-hydrogen) atoms. The zero-order valence-corrected chi connectivity index (χ0v) is 11.8. The van der Waals surface area contributed by atoms with E-state index in [1.54, 1.807) is 12.1 Å². The molecule has 1 heterocycles. The molecule has 0 spiro atoms. The standard InChI is InChI=1S/C15H14F3N3O/c1-22-12-6-7-20-13(8-12)14(19)21-9-10-2-4-11(5-3-10)15(16,17)18/h2-8H,9H2,1H3,(H2,19,21). The molecule has 1 aromatic carbocycles. The SMILES string of the molecule is COc1ccnc(C(N)=NCc2ccc(C(F)(F)F)cc2)c1. The maximum atomic E-state index is 12.5. The fourth-order valence-corrected chi connectivity index (χ4v) is 1.73. The van der Waals surface area contributed by atoms with Gasteiger partial charge < -0.3 is 10.5 Å². The van der Waals surface area contributed by atoms with E-state index in [1.807, 2.05) is 0 Å². The van der Waals surface area contributed by atoms with Gasteiger partial charge in [0.2, 0.25) is 0 Å². The summed E-state index contributed by atoms with van der Waals surface area (Å²) in [6.45, 7) is 0.170. The van der Waals surface area contributed by atoms with E-state index in [0.29, 0.717) is 17.0 Å². The number of benzene rings is 1. The van der Waals surface area contributed by atoms with Crippen molar-refractivity contribution in [3.05, 3.63) is 59.4 Å². The molecule has 0 saturated carbocycles. The van der Waals surface area contributed by atoms with Crippen LogP contribution in [0.4, 0.5) is 13.2 Å².